The Kier molecular flexibility index (Phi) is 4.09. The van der Waals surface area contributed by atoms with E-state index >= 15 is 0 Å². The number of Topliss-reactive ketones (excluding diaryl/α,β-unsaturated/α-hetero) is 1. The summed E-state index contributed by atoms with van der Waals surface area (Å²) < 4.78 is 6.17. The Morgan fingerprint density at radius 1 is 1.26 bits per heavy atom. The maximum absolute atomic E-state index is 13.0. The van der Waals surface area contributed by atoms with Gasteiger partial charge in [-0.15, -0.1) is 0 Å². The van der Waals surface area contributed by atoms with E-state index in [0.717, 1.165) is 12.8 Å². The highest BCUT2D eigenvalue weighted by molar-refractivity contribution is 5.88. The number of fused-ring (bicyclic) bond motifs is 3. The molecule has 2 bridgehead atoms. The number of ketones is 1. The van der Waals surface area contributed by atoms with Crippen LogP contribution in [0.1, 0.15) is 60.3 Å². The lowest BCUT2D eigenvalue weighted by Crippen LogP contribution is -2.51. The number of allylic oxidation sites excluding steroid dienone is 1. The number of hydrogen-bond acceptors (Lipinski definition) is 3. The van der Waals surface area contributed by atoms with Crippen LogP contribution in [0.2, 0.25) is 0 Å². The van der Waals surface area contributed by atoms with E-state index in [1.54, 1.807) is 6.92 Å². The van der Waals surface area contributed by atoms with Gasteiger partial charge in [-0.1, -0.05) is 38.5 Å². The van der Waals surface area contributed by atoms with E-state index in [-0.39, 0.29) is 17.3 Å². The molecule has 5 unspecified atom stereocenters. The monoisotopic (exact) mass is 318 g/mol. The number of rotatable bonds is 1. The first-order valence-corrected chi connectivity index (χ1v) is 8.93. The van der Waals surface area contributed by atoms with E-state index in [9.17, 15) is 9.90 Å². The van der Waals surface area contributed by atoms with Crippen LogP contribution in [0.5, 0.6) is 0 Å². The van der Waals surface area contributed by atoms with E-state index < -0.39 is 11.7 Å². The summed E-state index contributed by atoms with van der Waals surface area (Å²) in [5.41, 5.74) is 1.01. The lowest BCUT2D eigenvalue weighted by atomic mass is 9.65. The maximum atomic E-state index is 13.0. The van der Waals surface area contributed by atoms with Crippen molar-refractivity contribution in [2.45, 2.75) is 78.1 Å². The number of hydrogen-bond donors (Lipinski definition) is 1. The van der Waals surface area contributed by atoms with Crippen LogP contribution in [0.3, 0.4) is 0 Å². The van der Waals surface area contributed by atoms with E-state index in [1.165, 1.54) is 11.1 Å². The Hall–Kier alpha value is -0.930. The maximum Gasteiger partial charge on any atom is 0.167 e. The zero-order chi connectivity index (χ0) is 17.0. The summed E-state index contributed by atoms with van der Waals surface area (Å²) >= 11 is 0. The Morgan fingerprint density at radius 3 is 2.61 bits per heavy atom. The molecule has 0 aromatic rings. The second-order valence-corrected chi connectivity index (χ2v) is 8.48. The molecule has 1 aliphatic carbocycles. The molecular formula is C20H30O3. The fourth-order valence-electron chi connectivity index (χ4n) is 4.82. The second-order valence-electron chi connectivity index (χ2n) is 8.48. The highest BCUT2D eigenvalue weighted by Gasteiger charge is 2.51. The average Bonchev–Trinajstić information content (AvgIpc) is 2.77. The molecule has 1 fully saturated rings. The predicted molar refractivity (Wildman–Crippen MR) is 91.0 cm³/mol. The van der Waals surface area contributed by atoms with Gasteiger partial charge in [0.05, 0.1) is 12.2 Å². The van der Waals surface area contributed by atoms with Crippen LogP contribution in [-0.2, 0) is 9.53 Å². The van der Waals surface area contributed by atoms with Crippen LogP contribution in [0.15, 0.2) is 23.3 Å². The van der Waals surface area contributed by atoms with E-state index in [0.29, 0.717) is 24.7 Å². The van der Waals surface area contributed by atoms with Gasteiger partial charge in [-0.05, 0) is 55.9 Å². The molecule has 5 atom stereocenters. The summed E-state index contributed by atoms with van der Waals surface area (Å²) in [6, 6.07) is 0. The van der Waals surface area contributed by atoms with Crippen LogP contribution < -0.4 is 0 Å². The second kappa shape index (κ2) is 5.56. The largest absolute Gasteiger partial charge is 0.380 e. The first kappa shape index (κ1) is 16.9. The van der Waals surface area contributed by atoms with Gasteiger partial charge in [0.15, 0.2) is 5.78 Å². The molecule has 0 aromatic heterocycles. The quantitative estimate of drug-likeness (QED) is 0.748. The fourth-order valence-corrected chi connectivity index (χ4v) is 4.82. The first-order chi connectivity index (χ1) is 10.7. The molecule has 23 heavy (non-hydrogen) atoms. The molecule has 3 nitrogen and oxygen atoms in total. The van der Waals surface area contributed by atoms with Gasteiger partial charge < -0.3 is 9.84 Å². The molecule has 2 aliphatic heterocycles. The number of aliphatic hydroxyl groups is 1. The van der Waals surface area contributed by atoms with E-state index in [1.807, 2.05) is 0 Å². The lowest BCUT2D eigenvalue weighted by Gasteiger charge is -2.38. The van der Waals surface area contributed by atoms with Gasteiger partial charge >= 0.3 is 0 Å². The van der Waals surface area contributed by atoms with Crippen molar-refractivity contribution in [2.24, 2.45) is 17.3 Å². The number of carbonyl (C=O) groups is 1. The number of carbonyl (C=O) groups excluding carboxylic acids is 1. The third kappa shape index (κ3) is 2.62. The van der Waals surface area contributed by atoms with Crippen LogP contribution in [0, 0.1) is 17.3 Å². The highest BCUT2D eigenvalue weighted by atomic mass is 16.5. The van der Waals surface area contributed by atoms with Gasteiger partial charge in [0, 0.05) is 6.42 Å². The van der Waals surface area contributed by atoms with Crippen molar-refractivity contribution >= 4 is 5.78 Å². The predicted octanol–water partition coefficient (Wildman–Crippen LogP) is 3.81. The Balaban J connectivity index is 2.05. The summed E-state index contributed by atoms with van der Waals surface area (Å²) in [7, 11) is 0. The summed E-state index contributed by atoms with van der Waals surface area (Å²) in [6.45, 7) is 10.4. The average molecular weight is 318 g/mol. The molecule has 3 aliphatic rings. The molecule has 0 amide bonds. The molecule has 0 radical (unpaired) electrons. The first-order valence-electron chi connectivity index (χ1n) is 8.93. The minimum atomic E-state index is -1.40. The van der Waals surface area contributed by atoms with Gasteiger partial charge in [-0.25, -0.2) is 0 Å². The minimum absolute atomic E-state index is 0.0115. The van der Waals surface area contributed by atoms with Crippen molar-refractivity contribution < 1.29 is 14.6 Å². The molecule has 3 heteroatoms. The highest BCUT2D eigenvalue weighted by Crippen LogP contribution is 2.53. The molecule has 0 spiro atoms. The zero-order valence-electron chi connectivity index (χ0n) is 15.1. The third-order valence-corrected chi connectivity index (χ3v) is 6.59. The van der Waals surface area contributed by atoms with Crippen LogP contribution >= 0.6 is 0 Å². The Bertz CT molecular complexity index is 569. The van der Waals surface area contributed by atoms with Gasteiger partial charge in [0.25, 0.3) is 0 Å². The van der Waals surface area contributed by atoms with Crippen LogP contribution in [-0.4, -0.2) is 28.7 Å². The molecule has 128 valence electrons. The Labute approximate surface area is 139 Å². The van der Waals surface area contributed by atoms with E-state index in [2.05, 4.69) is 39.8 Å². The van der Waals surface area contributed by atoms with Gasteiger partial charge in [-0.2, -0.15) is 0 Å². The molecule has 0 aromatic carbocycles. The standard InChI is InChI=1S/C20H30O3/c1-12(2)15-8-7-14-10-16-13(3)6-9-18(23-16)20(5,22)17(21)11-19(14,15)4/h6-7,12,15-16,18,22H,8-11H2,1-5H3. The van der Waals surface area contributed by atoms with Crippen LogP contribution in [0.4, 0.5) is 0 Å². The van der Waals surface area contributed by atoms with Crippen LogP contribution in [0.25, 0.3) is 0 Å². The summed E-state index contributed by atoms with van der Waals surface area (Å²) in [5, 5.41) is 10.9. The SMILES string of the molecule is CC1=CCC2OC1CC1=CCC(C(C)C)C1(C)CC(=O)C2(C)O. The van der Waals surface area contributed by atoms with Gasteiger partial charge in [0.1, 0.15) is 5.60 Å². The van der Waals surface area contributed by atoms with E-state index in [4.69, 9.17) is 4.74 Å². The summed E-state index contributed by atoms with van der Waals surface area (Å²) in [5.74, 6) is 0.903. The zero-order valence-corrected chi connectivity index (χ0v) is 15.1. The molecule has 3 rings (SSSR count). The molecule has 0 saturated carbocycles. The van der Waals surface area contributed by atoms with Crippen molar-refractivity contribution in [3.63, 3.8) is 0 Å². The fraction of sp³-hybridized carbons (Fsp3) is 0.750. The van der Waals surface area contributed by atoms with Gasteiger partial charge in [0.2, 0.25) is 0 Å². The Morgan fingerprint density at radius 2 is 1.96 bits per heavy atom. The van der Waals surface area contributed by atoms with Crippen molar-refractivity contribution in [3.05, 3.63) is 23.3 Å². The minimum Gasteiger partial charge on any atom is -0.380 e. The molecular weight excluding hydrogens is 288 g/mol. The van der Waals surface area contributed by atoms with Crippen molar-refractivity contribution in [1.82, 2.24) is 0 Å². The topological polar surface area (TPSA) is 46.5 Å². The third-order valence-electron chi connectivity index (χ3n) is 6.59. The summed E-state index contributed by atoms with van der Waals surface area (Å²) in [6.07, 6.45) is 6.94. The van der Waals surface area contributed by atoms with Crippen molar-refractivity contribution in [2.75, 3.05) is 0 Å². The van der Waals surface area contributed by atoms with Crippen molar-refractivity contribution in [3.8, 4) is 0 Å². The smallest absolute Gasteiger partial charge is 0.167 e. The van der Waals surface area contributed by atoms with Crippen molar-refractivity contribution in [1.29, 1.82) is 0 Å². The van der Waals surface area contributed by atoms with Gasteiger partial charge in [-0.3, -0.25) is 4.79 Å². The molecule has 2 heterocycles. The normalized spacial score (nSPS) is 44.1. The lowest BCUT2D eigenvalue weighted by molar-refractivity contribution is -0.159. The molecule has 1 saturated heterocycles. The molecule has 1 N–H and O–H groups in total. The number of ether oxygens (including phenoxy) is 1. The summed E-state index contributed by atoms with van der Waals surface area (Å²) in [4.78, 5) is 13.0.